The van der Waals surface area contributed by atoms with Gasteiger partial charge in [-0.25, -0.2) is 4.79 Å². The predicted octanol–water partition coefficient (Wildman–Crippen LogP) is 1.82. The van der Waals surface area contributed by atoms with Crippen molar-refractivity contribution in [3.05, 3.63) is 5.69 Å². The second kappa shape index (κ2) is 4.71. The van der Waals surface area contributed by atoms with Crippen molar-refractivity contribution in [2.45, 2.75) is 32.0 Å². The number of hydrogen-bond acceptors (Lipinski definition) is 5. The Kier molecular flexibility index (Phi) is 3.38. The summed E-state index contributed by atoms with van der Waals surface area (Å²) >= 11 is 0. The van der Waals surface area contributed by atoms with Gasteiger partial charge in [0.25, 0.3) is 0 Å². The van der Waals surface area contributed by atoms with Gasteiger partial charge < -0.3 is 10.1 Å². The third-order valence-corrected chi connectivity index (χ3v) is 3.22. The number of aromatic nitrogens is 3. The first-order valence-electron chi connectivity index (χ1n) is 5.70. The molecule has 2 rings (SSSR count). The Morgan fingerprint density at radius 3 is 2.84 bits per heavy atom. The van der Waals surface area contributed by atoms with Gasteiger partial charge in [-0.05, 0) is 12.8 Å². The average Bonchev–Trinajstić information content (AvgIpc) is 2.78. The van der Waals surface area contributed by atoms with Crippen LogP contribution in [0.25, 0.3) is 0 Å². The quantitative estimate of drug-likeness (QED) is 0.848. The summed E-state index contributed by atoms with van der Waals surface area (Å²) in [4.78, 5) is 11.4. The number of ether oxygens (including phenoxy) is 1. The van der Waals surface area contributed by atoms with Crippen LogP contribution >= 0.6 is 0 Å². The Bertz CT molecular complexity index is 486. The van der Waals surface area contributed by atoms with Gasteiger partial charge in [-0.3, -0.25) is 0 Å². The molecule has 2 heterocycles. The lowest BCUT2D eigenvalue weighted by atomic mass is 9.93. The van der Waals surface area contributed by atoms with E-state index in [-0.39, 0.29) is 12.2 Å². The standard InChI is InChI=1S/C10H13F3N4O2/c1-5(10(11,12)13)6-3-4-7-8(14-6)17(16-15-7)9(18)19-2/h5-6,14H,3-4H2,1-2H3. The zero-order chi connectivity index (χ0) is 14.2. The van der Waals surface area contributed by atoms with Gasteiger partial charge in [0.1, 0.15) is 5.69 Å². The normalized spacial score (nSPS) is 20.4. The van der Waals surface area contributed by atoms with E-state index < -0.39 is 24.2 Å². The third kappa shape index (κ3) is 2.49. The Morgan fingerprint density at radius 2 is 2.26 bits per heavy atom. The first kappa shape index (κ1) is 13.6. The van der Waals surface area contributed by atoms with Crippen molar-refractivity contribution in [3.63, 3.8) is 0 Å². The molecule has 1 aliphatic rings. The fraction of sp³-hybridized carbons (Fsp3) is 0.700. The summed E-state index contributed by atoms with van der Waals surface area (Å²) in [6.45, 7) is 1.11. The maximum Gasteiger partial charge on any atom is 0.437 e. The Labute approximate surface area is 106 Å². The van der Waals surface area contributed by atoms with Crippen LogP contribution in [0.2, 0.25) is 0 Å². The highest BCUT2D eigenvalue weighted by Gasteiger charge is 2.43. The molecular weight excluding hydrogens is 265 g/mol. The van der Waals surface area contributed by atoms with Gasteiger partial charge in [0, 0.05) is 6.04 Å². The molecule has 1 aromatic rings. The van der Waals surface area contributed by atoms with E-state index in [4.69, 9.17) is 0 Å². The summed E-state index contributed by atoms with van der Waals surface area (Å²) in [6.07, 6.45) is -4.46. The summed E-state index contributed by atoms with van der Waals surface area (Å²) in [6, 6.07) is -0.811. The molecule has 0 radical (unpaired) electrons. The summed E-state index contributed by atoms with van der Waals surface area (Å²) in [5.74, 6) is -1.35. The fourth-order valence-corrected chi connectivity index (χ4v) is 1.98. The van der Waals surface area contributed by atoms with Crippen LogP contribution in [0.4, 0.5) is 23.8 Å². The second-order valence-electron chi connectivity index (χ2n) is 4.39. The van der Waals surface area contributed by atoms with Crippen molar-refractivity contribution < 1.29 is 22.7 Å². The smallest absolute Gasteiger partial charge is 0.437 e. The Hall–Kier alpha value is -1.80. The minimum Gasteiger partial charge on any atom is -0.451 e. The van der Waals surface area contributed by atoms with Crippen LogP contribution in [0.5, 0.6) is 0 Å². The number of carbonyl (C=O) groups is 1. The van der Waals surface area contributed by atoms with Crippen molar-refractivity contribution >= 4 is 11.9 Å². The van der Waals surface area contributed by atoms with E-state index in [1.807, 2.05) is 0 Å². The van der Waals surface area contributed by atoms with Crippen LogP contribution in [0.15, 0.2) is 0 Å². The highest BCUT2D eigenvalue weighted by molar-refractivity contribution is 5.74. The molecule has 6 nitrogen and oxygen atoms in total. The largest absolute Gasteiger partial charge is 0.451 e. The van der Waals surface area contributed by atoms with E-state index in [9.17, 15) is 18.0 Å². The summed E-state index contributed by atoms with van der Waals surface area (Å²) < 4.78 is 43.4. The van der Waals surface area contributed by atoms with Gasteiger partial charge in [0.15, 0.2) is 5.82 Å². The van der Waals surface area contributed by atoms with Crippen molar-refractivity contribution in [1.82, 2.24) is 15.0 Å². The van der Waals surface area contributed by atoms with Crippen LogP contribution in [-0.2, 0) is 11.2 Å². The van der Waals surface area contributed by atoms with Crippen LogP contribution in [-0.4, -0.2) is 40.4 Å². The molecule has 0 saturated carbocycles. The zero-order valence-corrected chi connectivity index (χ0v) is 10.4. The molecule has 2 atom stereocenters. The molecule has 19 heavy (non-hydrogen) atoms. The Balaban J connectivity index is 2.23. The molecule has 1 N–H and O–H groups in total. The number of anilines is 1. The van der Waals surface area contributed by atoms with Gasteiger partial charge in [0.05, 0.1) is 13.0 Å². The van der Waals surface area contributed by atoms with Crippen molar-refractivity contribution in [2.24, 2.45) is 5.92 Å². The second-order valence-corrected chi connectivity index (χ2v) is 4.39. The maximum absolute atomic E-state index is 12.7. The predicted molar refractivity (Wildman–Crippen MR) is 58.8 cm³/mol. The van der Waals surface area contributed by atoms with Crippen LogP contribution < -0.4 is 5.32 Å². The van der Waals surface area contributed by atoms with Crippen molar-refractivity contribution in [1.29, 1.82) is 0 Å². The van der Waals surface area contributed by atoms with E-state index in [1.54, 1.807) is 0 Å². The van der Waals surface area contributed by atoms with Gasteiger partial charge in [-0.2, -0.15) is 13.2 Å². The van der Waals surface area contributed by atoms with E-state index in [1.165, 1.54) is 0 Å². The lowest BCUT2D eigenvalue weighted by molar-refractivity contribution is -0.173. The van der Waals surface area contributed by atoms with Gasteiger partial charge in [-0.15, -0.1) is 9.78 Å². The lowest BCUT2D eigenvalue weighted by Crippen LogP contribution is -2.40. The number of nitrogens with zero attached hydrogens (tertiary/aromatic N) is 3. The molecule has 9 heteroatoms. The monoisotopic (exact) mass is 278 g/mol. The number of methoxy groups -OCH3 is 1. The summed E-state index contributed by atoms with van der Waals surface area (Å²) in [5.41, 5.74) is 0.469. The molecule has 0 aromatic carbocycles. The Morgan fingerprint density at radius 1 is 1.58 bits per heavy atom. The molecule has 2 unspecified atom stereocenters. The topological polar surface area (TPSA) is 69.0 Å². The van der Waals surface area contributed by atoms with Crippen LogP contribution in [0, 0.1) is 5.92 Å². The minimum absolute atomic E-state index is 0.180. The van der Waals surface area contributed by atoms with Crippen molar-refractivity contribution in [3.8, 4) is 0 Å². The molecule has 0 saturated heterocycles. The molecule has 0 amide bonds. The van der Waals surface area contributed by atoms with E-state index >= 15 is 0 Å². The molecule has 106 valence electrons. The first-order chi connectivity index (χ1) is 8.84. The number of nitrogens with one attached hydrogen (secondary N) is 1. The third-order valence-electron chi connectivity index (χ3n) is 3.22. The number of carbonyl (C=O) groups excluding carboxylic acids is 1. The summed E-state index contributed by atoms with van der Waals surface area (Å²) in [5, 5.41) is 10.0. The molecule has 1 aliphatic heterocycles. The van der Waals surface area contributed by atoms with E-state index in [0.717, 1.165) is 18.7 Å². The molecular formula is C10H13F3N4O2. The number of fused-ring (bicyclic) bond motifs is 1. The zero-order valence-electron chi connectivity index (χ0n) is 10.4. The molecule has 0 bridgehead atoms. The number of halogens is 3. The SMILES string of the molecule is COC(=O)n1nnc2c1NC(C(C)C(F)(F)F)CC2. The number of aryl methyl sites for hydroxylation is 1. The molecule has 0 aliphatic carbocycles. The van der Waals surface area contributed by atoms with Gasteiger partial charge >= 0.3 is 12.3 Å². The maximum atomic E-state index is 12.7. The highest BCUT2D eigenvalue weighted by atomic mass is 19.4. The van der Waals surface area contributed by atoms with Gasteiger partial charge in [-0.1, -0.05) is 12.1 Å². The number of rotatable bonds is 1. The van der Waals surface area contributed by atoms with Crippen LogP contribution in [0.1, 0.15) is 19.0 Å². The fourth-order valence-electron chi connectivity index (χ4n) is 1.98. The number of hydrogen-bond donors (Lipinski definition) is 1. The van der Waals surface area contributed by atoms with E-state index in [0.29, 0.717) is 12.1 Å². The van der Waals surface area contributed by atoms with Gasteiger partial charge in [0.2, 0.25) is 0 Å². The first-order valence-corrected chi connectivity index (χ1v) is 5.70. The lowest BCUT2D eigenvalue weighted by Gasteiger charge is -2.30. The average molecular weight is 278 g/mol. The number of alkyl halides is 3. The minimum atomic E-state index is -4.29. The summed E-state index contributed by atoms with van der Waals surface area (Å²) in [7, 11) is 1.16. The molecule has 0 spiro atoms. The van der Waals surface area contributed by atoms with E-state index in [2.05, 4.69) is 20.4 Å². The van der Waals surface area contributed by atoms with Crippen LogP contribution in [0.3, 0.4) is 0 Å². The molecule has 0 fully saturated rings. The van der Waals surface area contributed by atoms with Crippen molar-refractivity contribution in [2.75, 3.05) is 12.4 Å². The highest BCUT2D eigenvalue weighted by Crippen LogP contribution is 2.34. The molecule has 1 aromatic heterocycles.